The zero-order chi connectivity index (χ0) is 14.7. The van der Waals surface area contributed by atoms with Gasteiger partial charge in [-0.15, -0.1) is 0 Å². The third kappa shape index (κ3) is 2.89. The van der Waals surface area contributed by atoms with E-state index in [0.717, 1.165) is 25.9 Å². The molecule has 0 spiro atoms. The van der Waals surface area contributed by atoms with E-state index in [9.17, 15) is 4.39 Å². The summed E-state index contributed by atoms with van der Waals surface area (Å²) in [7, 11) is 0. The fourth-order valence-electron chi connectivity index (χ4n) is 2.44. The van der Waals surface area contributed by atoms with Crippen molar-refractivity contribution in [3.63, 3.8) is 0 Å². The third-order valence-electron chi connectivity index (χ3n) is 3.53. The second-order valence-electron chi connectivity index (χ2n) is 5.00. The molecule has 6 heteroatoms. The number of nitrogen functional groups attached to an aromatic ring is 1. The van der Waals surface area contributed by atoms with E-state index in [1.165, 1.54) is 24.9 Å². The maximum Gasteiger partial charge on any atom is 0.248 e. The van der Waals surface area contributed by atoms with Gasteiger partial charge >= 0.3 is 0 Å². The molecule has 1 aromatic heterocycles. The Morgan fingerprint density at radius 3 is 2.62 bits per heavy atom. The molecule has 1 aliphatic rings. The summed E-state index contributed by atoms with van der Waals surface area (Å²) in [6.45, 7) is 1.83. The van der Waals surface area contributed by atoms with Crippen molar-refractivity contribution in [3.05, 3.63) is 36.4 Å². The van der Waals surface area contributed by atoms with Gasteiger partial charge in [0, 0.05) is 13.1 Å². The van der Waals surface area contributed by atoms with Crippen molar-refractivity contribution >= 4 is 11.5 Å². The highest BCUT2D eigenvalue weighted by Crippen LogP contribution is 2.33. The Balaban J connectivity index is 1.88. The number of piperidine rings is 1. The van der Waals surface area contributed by atoms with Crippen molar-refractivity contribution < 1.29 is 9.13 Å². The molecule has 2 aromatic rings. The Labute approximate surface area is 122 Å². The Kier molecular flexibility index (Phi) is 3.85. The molecule has 2 N–H and O–H groups in total. The molecular formula is C15H17FN4O. The first-order valence-corrected chi connectivity index (χ1v) is 7.03. The van der Waals surface area contributed by atoms with Crippen LogP contribution in [0.3, 0.4) is 0 Å². The fourth-order valence-corrected chi connectivity index (χ4v) is 2.44. The summed E-state index contributed by atoms with van der Waals surface area (Å²) in [5.74, 6) is 0.509. The minimum absolute atomic E-state index is 0.104. The Morgan fingerprint density at radius 2 is 1.86 bits per heavy atom. The van der Waals surface area contributed by atoms with Crippen LogP contribution in [0.5, 0.6) is 11.6 Å². The highest BCUT2D eigenvalue weighted by Gasteiger charge is 2.19. The number of aromatic nitrogens is 2. The van der Waals surface area contributed by atoms with E-state index in [4.69, 9.17) is 10.5 Å². The molecule has 0 atom stereocenters. The van der Waals surface area contributed by atoms with Gasteiger partial charge in [0.15, 0.2) is 17.4 Å². The summed E-state index contributed by atoms with van der Waals surface area (Å²) in [5, 5.41) is 0. The lowest BCUT2D eigenvalue weighted by Gasteiger charge is -2.28. The van der Waals surface area contributed by atoms with E-state index in [0.29, 0.717) is 11.5 Å². The minimum atomic E-state index is -0.449. The molecule has 1 aliphatic heterocycles. The summed E-state index contributed by atoms with van der Waals surface area (Å²) in [5.41, 5.74) is 6.45. The van der Waals surface area contributed by atoms with Crippen LogP contribution < -0.4 is 15.4 Å². The number of hydrogen-bond acceptors (Lipinski definition) is 5. The molecular weight excluding hydrogens is 271 g/mol. The quantitative estimate of drug-likeness (QED) is 0.940. The average molecular weight is 288 g/mol. The smallest absolute Gasteiger partial charge is 0.248 e. The van der Waals surface area contributed by atoms with Crippen LogP contribution in [0.25, 0.3) is 0 Å². The highest BCUT2D eigenvalue weighted by molar-refractivity contribution is 5.68. The van der Waals surface area contributed by atoms with Crippen LogP contribution in [0, 0.1) is 5.82 Å². The maximum absolute atomic E-state index is 13.6. The molecule has 5 nitrogen and oxygen atoms in total. The normalized spacial score (nSPS) is 15.0. The Bertz CT molecular complexity index is 629. The molecule has 1 aromatic carbocycles. The molecule has 0 bridgehead atoms. The van der Waals surface area contributed by atoms with Crippen LogP contribution in [-0.2, 0) is 0 Å². The third-order valence-corrected chi connectivity index (χ3v) is 3.53. The molecule has 0 amide bonds. The Morgan fingerprint density at radius 1 is 1.10 bits per heavy atom. The maximum atomic E-state index is 13.6. The lowest BCUT2D eigenvalue weighted by molar-refractivity contribution is 0.428. The average Bonchev–Trinajstić information content (AvgIpc) is 2.52. The molecule has 2 heterocycles. The first-order valence-electron chi connectivity index (χ1n) is 7.03. The summed E-state index contributed by atoms with van der Waals surface area (Å²) in [6, 6.07) is 6.17. The number of hydrogen-bond donors (Lipinski definition) is 1. The lowest BCUT2D eigenvalue weighted by Crippen LogP contribution is -2.31. The molecule has 0 unspecified atom stereocenters. The Hall–Kier alpha value is -2.37. The molecule has 1 saturated heterocycles. The topological polar surface area (TPSA) is 64.3 Å². The van der Waals surface area contributed by atoms with Gasteiger partial charge in [-0.1, -0.05) is 12.1 Å². The van der Waals surface area contributed by atoms with E-state index in [1.54, 1.807) is 12.1 Å². The SMILES string of the molecule is Nc1c(Oc2ccccc2F)ncnc1N1CCCCC1. The van der Waals surface area contributed by atoms with Crippen LogP contribution in [0.1, 0.15) is 19.3 Å². The van der Waals surface area contributed by atoms with Crippen molar-refractivity contribution in [1.29, 1.82) is 0 Å². The summed E-state index contributed by atoms with van der Waals surface area (Å²) < 4.78 is 19.1. The fraction of sp³-hybridized carbons (Fsp3) is 0.333. The van der Waals surface area contributed by atoms with Gasteiger partial charge in [0.1, 0.15) is 12.0 Å². The summed E-state index contributed by atoms with van der Waals surface area (Å²) in [4.78, 5) is 10.4. The first kappa shape index (κ1) is 13.6. The van der Waals surface area contributed by atoms with Crippen molar-refractivity contribution in [3.8, 4) is 11.6 Å². The number of nitrogens with zero attached hydrogens (tertiary/aromatic N) is 3. The van der Waals surface area contributed by atoms with E-state index in [1.807, 2.05) is 0 Å². The van der Waals surface area contributed by atoms with Crippen LogP contribution in [-0.4, -0.2) is 23.1 Å². The van der Waals surface area contributed by atoms with Gasteiger partial charge < -0.3 is 15.4 Å². The van der Waals surface area contributed by atoms with Crippen molar-refractivity contribution in [2.24, 2.45) is 0 Å². The number of benzene rings is 1. The minimum Gasteiger partial charge on any atom is -0.434 e. The summed E-state index contributed by atoms with van der Waals surface area (Å²) >= 11 is 0. The second-order valence-corrected chi connectivity index (χ2v) is 5.00. The number of rotatable bonds is 3. The van der Waals surface area contributed by atoms with Crippen LogP contribution in [0.4, 0.5) is 15.9 Å². The monoisotopic (exact) mass is 288 g/mol. The lowest BCUT2D eigenvalue weighted by atomic mass is 10.1. The highest BCUT2D eigenvalue weighted by atomic mass is 19.1. The van der Waals surface area contributed by atoms with E-state index < -0.39 is 5.82 Å². The van der Waals surface area contributed by atoms with Gasteiger partial charge in [0.05, 0.1) is 0 Å². The molecule has 0 saturated carbocycles. The largest absolute Gasteiger partial charge is 0.434 e. The van der Waals surface area contributed by atoms with Crippen LogP contribution in [0.15, 0.2) is 30.6 Å². The second kappa shape index (κ2) is 5.95. The number of anilines is 2. The number of nitrogens with two attached hydrogens (primary N) is 1. The zero-order valence-corrected chi connectivity index (χ0v) is 11.6. The van der Waals surface area contributed by atoms with E-state index >= 15 is 0 Å². The predicted octanol–water partition coefficient (Wildman–Crippen LogP) is 2.98. The van der Waals surface area contributed by atoms with Gasteiger partial charge in [-0.2, -0.15) is 4.98 Å². The van der Waals surface area contributed by atoms with Crippen molar-refractivity contribution in [2.45, 2.75) is 19.3 Å². The first-order chi connectivity index (χ1) is 10.3. The molecule has 0 aliphatic carbocycles. The number of ether oxygens (including phenoxy) is 1. The molecule has 21 heavy (non-hydrogen) atoms. The standard InChI is InChI=1S/C15H17FN4O/c16-11-6-2-3-7-12(11)21-15-13(17)14(18-10-19-15)20-8-4-1-5-9-20/h2-3,6-7,10H,1,4-5,8-9,17H2. The molecule has 110 valence electrons. The predicted molar refractivity (Wildman–Crippen MR) is 79.0 cm³/mol. The van der Waals surface area contributed by atoms with Gasteiger partial charge in [-0.3, -0.25) is 0 Å². The van der Waals surface area contributed by atoms with Crippen LogP contribution in [0.2, 0.25) is 0 Å². The summed E-state index contributed by atoms with van der Waals surface area (Å²) in [6.07, 6.45) is 4.86. The zero-order valence-electron chi connectivity index (χ0n) is 11.6. The van der Waals surface area contributed by atoms with Gasteiger partial charge in [0.25, 0.3) is 0 Å². The van der Waals surface area contributed by atoms with Crippen molar-refractivity contribution in [1.82, 2.24) is 9.97 Å². The van der Waals surface area contributed by atoms with E-state index in [2.05, 4.69) is 14.9 Å². The van der Waals surface area contributed by atoms with Crippen molar-refractivity contribution in [2.75, 3.05) is 23.7 Å². The number of para-hydroxylation sites is 1. The molecule has 1 fully saturated rings. The van der Waals surface area contributed by atoms with E-state index in [-0.39, 0.29) is 11.6 Å². The molecule has 3 rings (SSSR count). The van der Waals surface area contributed by atoms with Gasteiger partial charge in [-0.25, -0.2) is 9.37 Å². The molecule has 0 radical (unpaired) electrons. The number of halogens is 1. The van der Waals surface area contributed by atoms with Crippen LogP contribution >= 0.6 is 0 Å². The van der Waals surface area contributed by atoms with Gasteiger partial charge in [0.2, 0.25) is 5.88 Å². The van der Waals surface area contributed by atoms with Gasteiger partial charge in [-0.05, 0) is 31.4 Å².